The Morgan fingerprint density at radius 2 is 1.94 bits per heavy atom. The topological polar surface area (TPSA) is 79.3 Å². The number of pyridine rings is 1. The zero-order chi connectivity index (χ0) is 22.7. The van der Waals surface area contributed by atoms with Crippen molar-refractivity contribution in [3.8, 4) is 11.6 Å². The molecule has 1 N–H and O–H groups in total. The number of ether oxygens (including phenoxy) is 2. The van der Waals surface area contributed by atoms with Crippen LogP contribution in [0.3, 0.4) is 0 Å². The second-order valence-electron chi connectivity index (χ2n) is 8.85. The maximum atomic E-state index is 13.0. The Bertz CT molecular complexity index is 979. The van der Waals surface area contributed by atoms with Crippen molar-refractivity contribution in [1.82, 2.24) is 20.1 Å². The summed E-state index contributed by atoms with van der Waals surface area (Å²) in [6, 6.07) is 9.66. The van der Waals surface area contributed by atoms with Crippen molar-refractivity contribution in [3.05, 3.63) is 54.0 Å². The average molecular weight is 569 g/mol. The Labute approximate surface area is 210 Å². The second-order valence-corrected chi connectivity index (χ2v) is 8.85. The van der Waals surface area contributed by atoms with Gasteiger partial charge in [-0.15, -0.1) is 24.0 Å². The number of piperazine rings is 1. The first-order valence-corrected chi connectivity index (χ1v) is 10.7. The number of hydrogen-bond acceptors (Lipinski definition) is 7. The first-order chi connectivity index (χ1) is 15.3. The van der Waals surface area contributed by atoms with Crippen molar-refractivity contribution in [1.29, 1.82) is 0 Å². The molecule has 0 radical (unpaired) electrons. The van der Waals surface area contributed by atoms with E-state index in [1.807, 2.05) is 26.8 Å². The number of carbonyl (C=O) groups is 1. The van der Waals surface area contributed by atoms with Crippen LogP contribution in [0.25, 0.3) is 0 Å². The summed E-state index contributed by atoms with van der Waals surface area (Å²) in [5.41, 5.74) is 0.482. The van der Waals surface area contributed by atoms with Crippen LogP contribution in [-0.4, -0.2) is 64.7 Å². The van der Waals surface area contributed by atoms with Gasteiger partial charge in [-0.3, -0.25) is 4.99 Å². The normalized spacial score (nSPS) is 17.6. The molecule has 2 aliphatic heterocycles. The van der Waals surface area contributed by atoms with E-state index < -0.39 is 5.60 Å². The van der Waals surface area contributed by atoms with Crippen LogP contribution < -0.4 is 10.1 Å². The molecule has 3 heterocycles. The minimum atomic E-state index is -0.499. The number of nitrogens with zero attached hydrogens (tertiary/aromatic N) is 4. The lowest BCUT2D eigenvalue weighted by Crippen LogP contribution is -2.57. The molecule has 4 rings (SSSR count). The zero-order valence-corrected chi connectivity index (χ0v) is 21.3. The van der Waals surface area contributed by atoms with Crippen LogP contribution in [0.2, 0.25) is 0 Å². The van der Waals surface area contributed by atoms with E-state index in [0.717, 1.165) is 11.5 Å². The molecule has 1 saturated heterocycles. The van der Waals surface area contributed by atoms with Gasteiger partial charge in [-0.25, -0.2) is 14.2 Å². The third-order valence-corrected chi connectivity index (χ3v) is 5.14. The van der Waals surface area contributed by atoms with Crippen LogP contribution in [0.1, 0.15) is 26.3 Å². The molecule has 0 saturated carbocycles. The molecule has 0 aliphatic carbocycles. The summed E-state index contributed by atoms with van der Waals surface area (Å²) in [6.45, 7) is 8.74. The van der Waals surface area contributed by atoms with Crippen LogP contribution in [0.4, 0.5) is 9.18 Å². The van der Waals surface area contributed by atoms with Gasteiger partial charge < -0.3 is 24.6 Å². The van der Waals surface area contributed by atoms with Crippen LogP contribution >= 0.6 is 24.0 Å². The van der Waals surface area contributed by atoms with Crippen molar-refractivity contribution >= 4 is 36.0 Å². The Morgan fingerprint density at radius 1 is 1.18 bits per heavy atom. The first-order valence-electron chi connectivity index (χ1n) is 10.7. The summed E-state index contributed by atoms with van der Waals surface area (Å²) < 4.78 is 24.1. The van der Waals surface area contributed by atoms with Gasteiger partial charge in [-0.2, -0.15) is 0 Å². The average Bonchev–Trinajstić information content (AvgIpc) is 3.16. The highest BCUT2D eigenvalue weighted by atomic mass is 127. The first kappa shape index (κ1) is 25.0. The van der Waals surface area contributed by atoms with E-state index in [2.05, 4.69) is 20.2 Å². The van der Waals surface area contributed by atoms with Gasteiger partial charge in [0, 0.05) is 38.4 Å². The maximum absolute atomic E-state index is 13.0. The van der Waals surface area contributed by atoms with E-state index in [1.54, 1.807) is 29.3 Å². The number of fused-ring (bicyclic) bond motifs is 1. The van der Waals surface area contributed by atoms with Crippen molar-refractivity contribution in [2.24, 2.45) is 4.99 Å². The summed E-state index contributed by atoms with van der Waals surface area (Å²) in [4.78, 5) is 25.3. The van der Waals surface area contributed by atoms with Crippen molar-refractivity contribution in [3.63, 3.8) is 0 Å². The number of hydrogen-bond donors (Lipinski definition) is 1. The molecule has 0 bridgehead atoms. The maximum Gasteiger partial charge on any atom is 0.410 e. The number of benzene rings is 1. The fourth-order valence-electron chi connectivity index (χ4n) is 3.60. The molecule has 2 aromatic rings. The van der Waals surface area contributed by atoms with Crippen molar-refractivity contribution < 1.29 is 18.7 Å². The standard InChI is InChI=1S/C23H28FN5O3.HI/c1-23(2,3)32-22(30)28-10-11-29-18(15-28)14-27-21(29)26-13-16-4-9-20(25-12-16)31-19-7-5-17(24)6-8-19;/h4-9,12,18H,10-11,13-15H2,1-3H3,(H,26,27);1H. The smallest absolute Gasteiger partial charge is 0.410 e. The van der Waals surface area contributed by atoms with E-state index in [0.29, 0.717) is 44.4 Å². The van der Waals surface area contributed by atoms with Gasteiger partial charge in [-0.1, -0.05) is 6.07 Å². The summed E-state index contributed by atoms with van der Waals surface area (Å²) >= 11 is 0. The number of carbonyl (C=O) groups excluding carboxylic acids is 1. The Balaban J connectivity index is 0.00000306. The van der Waals surface area contributed by atoms with Gasteiger partial charge in [0.2, 0.25) is 5.88 Å². The van der Waals surface area contributed by atoms with Crippen LogP contribution in [0.5, 0.6) is 11.6 Å². The molecule has 10 heteroatoms. The molecule has 1 aromatic carbocycles. The molecule has 1 amide bonds. The summed E-state index contributed by atoms with van der Waals surface area (Å²) in [5.74, 6) is 1.50. The third-order valence-electron chi connectivity index (χ3n) is 5.14. The number of aromatic nitrogens is 1. The second kappa shape index (κ2) is 10.5. The molecular weight excluding hydrogens is 540 g/mol. The van der Waals surface area contributed by atoms with Gasteiger partial charge in [0.25, 0.3) is 0 Å². The quantitative estimate of drug-likeness (QED) is 0.561. The molecule has 178 valence electrons. The number of amides is 1. The highest BCUT2D eigenvalue weighted by Gasteiger charge is 2.36. The monoisotopic (exact) mass is 569 g/mol. The molecule has 1 fully saturated rings. The summed E-state index contributed by atoms with van der Waals surface area (Å²) in [7, 11) is 0. The minimum Gasteiger partial charge on any atom is -0.444 e. The fourth-order valence-corrected chi connectivity index (χ4v) is 3.60. The largest absolute Gasteiger partial charge is 0.444 e. The lowest BCUT2D eigenvalue weighted by Gasteiger charge is -2.39. The van der Waals surface area contributed by atoms with Crippen LogP contribution in [0.15, 0.2) is 47.6 Å². The molecule has 1 unspecified atom stereocenters. The molecule has 1 atom stereocenters. The highest BCUT2D eigenvalue weighted by Crippen LogP contribution is 2.21. The third kappa shape index (κ3) is 6.68. The van der Waals surface area contributed by atoms with Crippen LogP contribution in [0, 0.1) is 5.82 Å². The molecular formula is C23H29FIN5O3. The van der Waals surface area contributed by atoms with Crippen LogP contribution in [-0.2, 0) is 11.3 Å². The Kier molecular flexibility index (Phi) is 7.98. The number of aliphatic imine (C=N–C) groups is 1. The van der Waals surface area contributed by atoms with Gasteiger partial charge in [0.15, 0.2) is 5.96 Å². The summed E-state index contributed by atoms with van der Waals surface area (Å²) in [6.07, 6.45) is 1.46. The SMILES string of the molecule is CC(C)(C)OC(=O)N1CCN2C(NCc3ccc(Oc4ccc(F)cc4)nc3)=NCC2C1.I. The highest BCUT2D eigenvalue weighted by molar-refractivity contribution is 14.0. The minimum absolute atomic E-state index is 0. The number of nitrogens with one attached hydrogen (secondary N) is 1. The number of halogens is 2. The van der Waals surface area contributed by atoms with Gasteiger partial charge >= 0.3 is 6.09 Å². The Morgan fingerprint density at radius 3 is 2.61 bits per heavy atom. The van der Waals surface area contributed by atoms with E-state index in [9.17, 15) is 9.18 Å². The van der Waals surface area contributed by atoms with Crippen molar-refractivity contribution in [2.75, 3.05) is 26.2 Å². The Hall–Kier alpha value is -2.63. The molecule has 2 aliphatic rings. The molecule has 0 spiro atoms. The van der Waals surface area contributed by atoms with Crippen molar-refractivity contribution in [2.45, 2.75) is 39.0 Å². The lowest BCUT2D eigenvalue weighted by atomic mass is 10.2. The number of guanidine groups is 1. The van der Waals surface area contributed by atoms with Gasteiger partial charge in [0.1, 0.15) is 17.2 Å². The van der Waals surface area contributed by atoms with E-state index in [1.165, 1.54) is 12.1 Å². The van der Waals surface area contributed by atoms with E-state index in [4.69, 9.17) is 9.47 Å². The van der Waals surface area contributed by atoms with Gasteiger partial charge in [0.05, 0.1) is 12.6 Å². The molecule has 1 aromatic heterocycles. The predicted octanol–water partition coefficient (Wildman–Crippen LogP) is 4.01. The van der Waals surface area contributed by atoms with E-state index in [-0.39, 0.29) is 41.9 Å². The fraction of sp³-hybridized carbons (Fsp3) is 0.435. The predicted molar refractivity (Wildman–Crippen MR) is 134 cm³/mol. The van der Waals surface area contributed by atoms with E-state index >= 15 is 0 Å². The van der Waals surface area contributed by atoms with Gasteiger partial charge in [-0.05, 0) is 50.6 Å². The zero-order valence-electron chi connectivity index (χ0n) is 19.0. The number of rotatable bonds is 4. The molecule has 33 heavy (non-hydrogen) atoms. The lowest BCUT2D eigenvalue weighted by molar-refractivity contribution is 0.0137. The molecule has 8 nitrogen and oxygen atoms in total. The summed E-state index contributed by atoms with van der Waals surface area (Å²) in [5, 5.41) is 3.37.